The summed E-state index contributed by atoms with van der Waals surface area (Å²) in [6.45, 7) is 2.43. The SMILES string of the molecule is Clc1ccc(-c2ccc(CNC[C@H]3CCCO3)o2)c(Cl)c1. The average Bonchev–Trinajstić information content (AvgIpc) is 3.10. The van der Waals surface area contributed by atoms with Crippen molar-refractivity contribution in [2.24, 2.45) is 0 Å². The van der Waals surface area contributed by atoms with Crippen LogP contribution in [0.4, 0.5) is 0 Å². The lowest BCUT2D eigenvalue weighted by Crippen LogP contribution is -2.25. The third-order valence-corrected chi connectivity index (χ3v) is 4.10. The van der Waals surface area contributed by atoms with Crippen LogP contribution in [0.25, 0.3) is 11.3 Å². The molecule has 1 aliphatic rings. The Bertz CT molecular complexity index is 606. The third kappa shape index (κ3) is 3.80. The number of hydrogen-bond donors (Lipinski definition) is 1. The summed E-state index contributed by atoms with van der Waals surface area (Å²) in [4.78, 5) is 0. The van der Waals surface area contributed by atoms with Crippen LogP contribution >= 0.6 is 23.2 Å². The van der Waals surface area contributed by atoms with Crippen LogP contribution in [0, 0.1) is 0 Å². The summed E-state index contributed by atoms with van der Waals surface area (Å²) in [6, 6.07) is 9.28. The predicted octanol–water partition coefficient (Wildman–Crippen LogP) is 4.52. The third-order valence-electron chi connectivity index (χ3n) is 3.55. The van der Waals surface area contributed by atoms with Crippen LogP contribution in [0.5, 0.6) is 0 Å². The van der Waals surface area contributed by atoms with Gasteiger partial charge in [0.05, 0.1) is 17.7 Å². The van der Waals surface area contributed by atoms with E-state index in [1.165, 1.54) is 0 Å². The average molecular weight is 326 g/mol. The summed E-state index contributed by atoms with van der Waals surface area (Å²) in [5.74, 6) is 1.64. The zero-order chi connectivity index (χ0) is 14.7. The lowest BCUT2D eigenvalue weighted by molar-refractivity contribution is 0.109. The van der Waals surface area contributed by atoms with Crippen LogP contribution in [0.15, 0.2) is 34.7 Å². The van der Waals surface area contributed by atoms with Crippen molar-refractivity contribution in [1.29, 1.82) is 0 Å². The Morgan fingerprint density at radius 3 is 2.86 bits per heavy atom. The molecule has 0 radical (unpaired) electrons. The van der Waals surface area contributed by atoms with Crippen molar-refractivity contribution >= 4 is 23.2 Å². The number of ether oxygens (including phenoxy) is 1. The molecule has 1 aromatic heterocycles. The Labute approximate surface area is 134 Å². The first-order valence-corrected chi connectivity index (χ1v) is 7.84. The Morgan fingerprint density at radius 1 is 1.19 bits per heavy atom. The van der Waals surface area contributed by atoms with Gasteiger partial charge in [-0.2, -0.15) is 0 Å². The van der Waals surface area contributed by atoms with Gasteiger partial charge in [-0.05, 0) is 43.2 Å². The smallest absolute Gasteiger partial charge is 0.135 e. The fraction of sp³-hybridized carbons (Fsp3) is 0.375. The largest absolute Gasteiger partial charge is 0.460 e. The van der Waals surface area contributed by atoms with Gasteiger partial charge in [-0.15, -0.1) is 0 Å². The van der Waals surface area contributed by atoms with Crippen LogP contribution in [-0.2, 0) is 11.3 Å². The summed E-state index contributed by atoms with van der Waals surface area (Å²) in [5, 5.41) is 4.57. The number of hydrogen-bond acceptors (Lipinski definition) is 3. The van der Waals surface area contributed by atoms with E-state index in [0.29, 0.717) is 22.7 Å². The van der Waals surface area contributed by atoms with Gasteiger partial charge in [0.15, 0.2) is 0 Å². The van der Waals surface area contributed by atoms with Crippen LogP contribution in [0.3, 0.4) is 0 Å². The maximum atomic E-state index is 6.19. The monoisotopic (exact) mass is 325 g/mol. The van der Waals surface area contributed by atoms with Crippen molar-refractivity contribution in [3.63, 3.8) is 0 Å². The highest BCUT2D eigenvalue weighted by Gasteiger charge is 2.15. The van der Waals surface area contributed by atoms with Gasteiger partial charge in [0.2, 0.25) is 0 Å². The summed E-state index contributed by atoms with van der Waals surface area (Å²) in [7, 11) is 0. The molecule has 0 aliphatic carbocycles. The first kappa shape index (κ1) is 14.9. The standard InChI is InChI=1S/C16H17Cl2NO2/c17-11-3-5-14(15(18)8-11)16-6-4-13(21-16)10-19-9-12-2-1-7-20-12/h3-6,8,12,19H,1-2,7,9-10H2/t12-/m1/s1. The minimum absolute atomic E-state index is 0.338. The topological polar surface area (TPSA) is 34.4 Å². The van der Waals surface area contributed by atoms with E-state index in [-0.39, 0.29) is 0 Å². The molecule has 1 saturated heterocycles. The number of halogens is 2. The van der Waals surface area contributed by atoms with Gasteiger partial charge >= 0.3 is 0 Å². The second-order valence-electron chi connectivity index (χ2n) is 5.16. The van der Waals surface area contributed by atoms with Crippen LogP contribution < -0.4 is 5.32 Å². The highest BCUT2D eigenvalue weighted by atomic mass is 35.5. The molecule has 2 aromatic rings. The first-order valence-electron chi connectivity index (χ1n) is 7.09. The highest BCUT2D eigenvalue weighted by Crippen LogP contribution is 2.31. The molecule has 1 atom stereocenters. The summed E-state index contributed by atoms with van der Waals surface area (Å²) >= 11 is 12.1. The van der Waals surface area contributed by atoms with Gasteiger partial charge < -0.3 is 14.5 Å². The molecule has 0 saturated carbocycles. The molecule has 1 aliphatic heterocycles. The van der Waals surface area contributed by atoms with E-state index in [2.05, 4.69) is 5.32 Å². The number of nitrogens with one attached hydrogen (secondary N) is 1. The molecule has 112 valence electrons. The molecule has 1 N–H and O–H groups in total. The fourth-order valence-corrected chi connectivity index (χ4v) is 2.97. The quantitative estimate of drug-likeness (QED) is 0.877. The van der Waals surface area contributed by atoms with Crippen molar-refractivity contribution in [3.05, 3.63) is 46.1 Å². The molecule has 3 rings (SSSR count). The van der Waals surface area contributed by atoms with Gasteiger partial charge in [0, 0.05) is 23.7 Å². The van der Waals surface area contributed by atoms with Crippen molar-refractivity contribution in [2.45, 2.75) is 25.5 Å². The van der Waals surface area contributed by atoms with Crippen LogP contribution in [0.1, 0.15) is 18.6 Å². The molecular weight excluding hydrogens is 309 g/mol. The minimum Gasteiger partial charge on any atom is -0.460 e. The van der Waals surface area contributed by atoms with E-state index in [1.54, 1.807) is 12.1 Å². The summed E-state index contributed by atoms with van der Waals surface area (Å²) in [6.07, 6.45) is 2.63. The predicted molar refractivity (Wildman–Crippen MR) is 84.8 cm³/mol. The van der Waals surface area contributed by atoms with Crippen molar-refractivity contribution in [3.8, 4) is 11.3 Å². The first-order chi connectivity index (χ1) is 10.2. The Kier molecular flexibility index (Phi) is 4.86. The molecule has 1 aromatic carbocycles. The van der Waals surface area contributed by atoms with Gasteiger partial charge in [-0.3, -0.25) is 0 Å². The van der Waals surface area contributed by atoms with E-state index in [4.69, 9.17) is 32.4 Å². The second kappa shape index (κ2) is 6.84. The van der Waals surface area contributed by atoms with Crippen molar-refractivity contribution < 1.29 is 9.15 Å². The second-order valence-corrected chi connectivity index (χ2v) is 6.00. The Morgan fingerprint density at radius 2 is 2.10 bits per heavy atom. The maximum Gasteiger partial charge on any atom is 0.135 e. The van der Waals surface area contributed by atoms with Gasteiger partial charge in [0.1, 0.15) is 11.5 Å². The van der Waals surface area contributed by atoms with E-state index in [1.807, 2.05) is 18.2 Å². The fourth-order valence-electron chi connectivity index (χ4n) is 2.47. The number of benzene rings is 1. The van der Waals surface area contributed by atoms with Gasteiger partial charge in [-0.25, -0.2) is 0 Å². The molecule has 0 bridgehead atoms. The Hall–Kier alpha value is -1.00. The normalized spacial score (nSPS) is 18.3. The molecular formula is C16H17Cl2NO2. The van der Waals surface area contributed by atoms with Crippen molar-refractivity contribution in [2.75, 3.05) is 13.2 Å². The van der Waals surface area contributed by atoms with E-state index >= 15 is 0 Å². The number of furan rings is 1. The van der Waals surface area contributed by atoms with E-state index in [0.717, 1.165) is 43.1 Å². The van der Waals surface area contributed by atoms with Gasteiger partial charge in [0.25, 0.3) is 0 Å². The molecule has 3 nitrogen and oxygen atoms in total. The van der Waals surface area contributed by atoms with Crippen LogP contribution in [-0.4, -0.2) is 19.3 Å². The minimum atomic E-state index is 0.338. The maximum absolute atomic E-state index is 6.19. The lowest BCUT2D eigenvalue weighted by Gasteiger charge is -2.09. The molecule has 0 spiro atoms. The number of rotatable bonds is 5. The lowest BCUT2D eigenvalue weighted by atomic mass is 10.2. The van der Waals surface area contributed by atoms with Crippen LogP contribution in [0.2, 0.25) is 10.0 Å². The molecule has 0 amide bonds. The molecule has 0 unspecified atom stereocenters. The van der Waals surface area contributed by atoms with E-state index in [9.17, 15) is 0 Å². The molecule has 21 heavy (non-hydrogen) atoms. The zero-order valence-corrected chi connectivity index (χ0v) is 13.1. The zero-order valence-electron chi connectivity index (χ0n) is 11.6. The van der Waals surface area contributed by atoms with Gasteiger partial charge in [-0.1, -0.05) is 23.2 Å². The summed E-state index contributed by atoms with van der Waals surface area (Å²) < 4.78 is 11.4. The summed E-state index contributed by atoms with van der Waals surface area (Å²) in [5.41, 5.74) is 0.853. The molecule has 5 heteroatoms. The molecule has 1 fully saturated rings. The van der Waals surface area contributed by atoms with E-state index < -0.39 is 0 Å². The molecule has 2 heterocycles. The Balaban J connectivity index is 1.60. The highest BCUT2D eigenvalue weighted by molar-refractivity contribution is 6.36. The van der Waals surface area contributed by atoms with Crippen molar-refractivity contribution in [1.82, 2.24) is 5.32 Å².